The Morgan fingerprint density at radius 2 is 1.39 bits per heavy atom. The van der Waals surface area contributed by atoms with Crippen LogP contribution in [0.2, 0.25) is 0 Å². The lowest BCUT2D eigenvalue weighted by atomic mass is 10.1. The predicted molar refractivity (Wildman–Crippen MR) is 102 cm³/mol. The highest BCUT2D eigenvalue weighted by Crippen LogP contribution is 2.14. The summed E-state index contributed by atoms with van der Waals surface area (Å²) in [5, 5.41) is 28.2. The van der Waals surface area contributed by atoms with E-state index in [2.05, 4.69) is 29.6 Å². The van der Waals surface area contributed by atoms with Gasteiger partial charge in [-0.1, -0.05) is 24.3 Å². The standard InChI is InChI=1S/C16H19N3O.2C2H4O2/c1-19-10-12-2-4-13(5-3-12)11-20-15-8-6-14(7-9-15)16(17)18;2*1-2(3)4/h2-9,19H,10-11H2,1H3,(H3,17,18);2*1H3,(H,3,4)/p-2. The lowest BCUT2D eigenvalue weighted by Crippen LogP contribution is -2.16. The number of ether oxygens (including phenoxy) is 1. The third-order valence-corrected chi connectivity index (χ3v) is 2.97. The highest BCUT2D eigenvalue weighted by molar-refractivity contribution is 5.94. The van der Waals surface area contributed by atoms with E-state index in [4.69, 9.17) is 35.7 Å². The van der Waals surface area contributed by atoms with Crippen molar-refractivity contribution in [1.29, 1.82) is 5.41 Å². The van der Waals surface area contributed by atoms with Crippen LogP contribution >= 0.6 is 0 Å². The van der Waals surface area contributed by atoms with E-state index in [0.29, 0.717) is 12.2 Å². The number of nitrogen functional groups attached to an aromatic ring is 1. The summed E-state index contributed by atoms with van der Waals surface area (Å²) in [4.78, 5) is 17.8. The smallest absolute Gasteiger partial charge is 0.122 e. The van der Waals surface area contributed by atoms with Gasteiger partial charge in [0.15, 0.2) is 0 Å². The molecular weight excluding hydrogens is 362 g/mol. The van der Waals surface area contributed by atoms with Gasteiger partial charge >= 0.3 is 0 Å². The zero-order valence-corrected chi connectivity index (χ0v) is 16.2. The van der Waals surface area contributed by atoms with Crippen LogP contribution in [0.1, 0.15) is 30.5 Å². The molecule has 0 bridgehead atoms. The van der Waals surface area contributed by atoms with Crippen LogP contribution in [-0.2, 0) is 22.7 Å². The normalized spacial score (nSPS) is 9.11. The van der Waals surface area contributed by atoms with Crippen LogP contribution in [0.5, 0.6) is 5.75 Å². The van der Waals surface area contributed by atoms with E-state index in [9.17, 15) is 0 Å². The fourth-order valence-corrected chi connectivity index (χ4v) is 1.85. The van der Waals surface area contributed by atoms with Crippen molar-refractivity contribution in [3.05, 3.63) is 65.2 Å². The van der Waals surface area contributed by atoms with E-state index < -0.39 is 11.9 Å². The molecule has 0 aromatic heterocycles. The van der Waals surface area contributed by atoms with Gasteiger partial charge in [-0.25, -0.2) is 0 Å². The maximum atomic E-state index is 8.89. The number of carbonyl (C=O) groups excluding carboxylic acids is 2. The average Bonchev–Trinajstić information content (AvgIpc) is 2.61. The average molecular weight is 387 g/mol. The van der Waals surface area contributed by atoms with Crippen LogP contribution in [0.15, 0.2) is 48.5 Å². The van der Waals surface area contributed by atoms with Gasteiger partial charge in [-0.2, -0.15) is 0 Å². The molecule has 0 atom stereocenters. The van der Waals surface area contributed by atoms with Crippen LogP contribution in [0, 0.1) is 5.41 Å². The number of aliphatic carboxylic acids is 2. The maximum Gasteiger partial charge on any atom is 0.122 e. The van der Waals surface area contributed by atoms with Gasteiger partial charge in [-0.3, -0.25) is 5.41 Å². The molecule has 0 radical (unpaired) electrons. The molecule has 0 heterocycles. The molecule has 4 N–H and O–H groups in total. The van der Waals surface area contributed by atoms with Gasteiger partial charge in [0.2, 0.25) is 0 Å². The number of benzene rings is 2. The summed E-state index contributed by atoms with van der Waals surface area (Å²) in [6, 6.07) is 15.5. The first-order valence-corrected chi connectivity index (χ1v) is 8.30. The fourth-order valence-electron chi connectivity index (χ4n) is 1.85. The van der Waals surface area contributed by atoms with Gasteiger partial charge in [0, 0.05) is 24.0 Å². The molecule has 0 unspecified atom stereocenters. The van der Waals surface area contributed by atoms with Gasteiger partial charge in [0.1, 0.15) is 18.2 Å². The molecule has 152 valence electrons. The summed E-state index contributed by atoms with van der Waals surface area (Å²) in [5.74, 6) is -1.33. The first-order chi connectivity index (χ1) is 13.1. The lowest BCUT2D eigenvalue weighted by Gasteiger charge is -2.08. The first kappa shape index (κ1) is 24.6. The Balaban J connectivity index is 0.000000776. The Morgan fingerprint density at radius 3 is 1.79 bits per heavy atom. The zero-order valence-electron chi connectivity index (χ0n) is 16.2. The Labute approximate surface area is 164 Å². The maximum absolute atomic E-state index is 8.89. The Kier molecular flexibility index (Phi) is 12.1. The van der Waals surface area contributed by atoms with E-state index in [1.54, 1.807) is 12.1 Å². The number of carbonyl (C=O) groups is 2. The molecule has 0 fully saturated rings. The summed E-state index contributed by atoms with van der Waals surface area (Å²) in [5.41, 5.74) is 8.48. The number of nitrogens with two attached hydrogens (primary N) is 1. The summed E-state index contributed by atoms with van der Waals surface area (Å²) >= 11 is 0. The summed E-state index contributed by atoms with van der Waals surface area (Å²) in [6.45, 7) is 3.34. The third kappa shape index (κ3) is 12.9. The molecule has 0 aliphatic carbocycles. The number of carboxylic acid groups (broad SMARTS) is 2. The number of hydrogen-bond acceptors (Lipinski definition) is 7. The van der Waals surface area contributed by atoms with Gasteiger partial charge in [-0.15, -0.1) is 0 Å². The zero-order chi connectivity index (χ0) is 21.5. The van der Waals surface area contributed by atoms with E-state index in [1.807, 2.05) is 19.2 Å². The molecule has 0 saturated carbocycles. The summed E-state index contributed by atoms with van der Waals surface area (Å²) in [6.07, 6.45) is 0. The molecule has 2 rings (SSSR count). The predicted octanol–water partition coefficient (Wildman–Crippen LogP) is -0.219. The second-order valence-corrected chi connectivity index (χ2v) is 5.56. The molecule has 8 heteroatoms. The molecule has 0 spiro atoms. The number of nitrogens with one attached hydrogen (secondary N) is 2. The van der Waals surface area contributed by atoms with E-state index in [1.165, 1.54) is 5.56 Å². The van der Waals surface area contributed by atoms with Crippen molar-refractivity contribution in [2.24, 2.45) is 5.73 Å². The molecule has 28 heavy (non-hydrogen) atoms. The van der Waals surface area contributed by atoms with Crippen molar-refractivity contribution in [1.82, 2.24) is 5.32 Å². The quantitative estimate of drug-likeness (QED) is 0.458. The minimum Gasteiger partial charge on any atom is -0.550 e. The fraction of sp³-hybridized carbons (Fsp3) is 0.250. The minimum absolute atomic E-state index is 0.0664. The molecule has 0 saturated heterocycles. The summed E-state index contributed by atoms with van der Waals surface area (Å²) < 4.78 is 5.70. The molecule has 2 aromatic rings. The van der Waals surface area contributed by atoms with E-state index in [-0.39, 0.29) is 5.84 Å². The number of rotatable bonds is 6. The first-order valence-electron chi connectivity index (χ1n) is 8.30. The highest BCUT2D eigenvalue weighted by atomic mass is 16.5. The number of hydrogen-bond donors (Lipinski definition) is 3. The monoisotopic (exact) mass is 387 g/mol. The highest BCUT2D eigenvalue weighted by Gasteiger charge is 1.99. The summed E-state index contributed by atoms with van der Waals surface area (Å²) in [7, 11) is 1.93. The Hall–Kier alpha value is -3.39. The molecular formula is C20H25N3O5-2. The third-order valence-electron chi connectivity index (χ3n) is 2.97. The molecule has 8 nitrogen and oxygen atoms in total. The SMILES string of the molecule is CC(=O)[O-].CC(=O)[O-].CNCc1ccc(COc2ccc(C(=N)N)cc2)cc1. The Bertz CT molecular complexity index is 723. The van der Waals surface area contributed by atoms with Gasteiger partial charge in [-0.05, 0) is 56.3 Å². The van der Waals surface area contributed by atoms with Crippen molar-refractivity contribution in [2.75, 3.05) is 7.05 Å². The Morgan fingerprint density at radius 1 is 0.964 bits per heavy atom. The number of amidine groups is 1. The van der Waals surface area contributed by atoms with Crippen LogP contribution in [0.3, 0.4) is 0 Å². The van der Waals surface area contributed by atoms with Crippen molar-refractivity contribution in [2.45, 2.75) is 27.0 Å². The molecule has 0 amide bonds. The van der Waals surface area contributed by atoms with Crippen LogP contribution in [0.4, 0.5) is 0 Å². The minimum atomic E-state index is -1.08. The van der Waals surface area contributed by atoms with Crippen molar-refractivity contribution in [3.8, 4) is 5.75 Å². The van der Waals surface area contributed by atoms with Crippen LogP contribution in [0.25, 0.3) is 0 Å². The van der Waals surface area contributed by atoms with Gasteiger partial charge < -0.3 is 35.6 Å². The second-order valence-electron chi connectivity index (χ2n) is 5.56. The molecule has 0 aliphatic rings. The van der Waals surface area contributed by atoms with Crippen molar-refractivity contribution in [3.63, 3.8) is 0 Å². The van der Waals surface area contributed by atoms with Crippen molar-refractivity contribution >= 4 is 17.8 Å². The van der Waals surface area contributed by atoms with Crippen LogP contribution < -0.4 is 26.0 Å². The van der Waals surface area contributed by atoms with Crippen molar-refractivity contribution < 1.29 is 24.5 Å². The molecule has 0 aliphatic heterocycles. The largest absolute Gasteiger partial charge is 0.550 e. The topological polar surface area (TPSA) is 151 Å². The van der Waals surface area contributed by atoms with Crippen LogP contribution in [-0.4, -0.2) is 24.8 Å². The van der Waals surface area contributed by atoms with Gasteiger partial charge in [0.25, 0.3) is 0 Å². The van der Waals surface area contributed by atoms with Gasteiger partial charge in [0.05, 0.1) is 0 Å². The number of carboxylic acids is 2. The molecule has 2 aromatic carbocycles. The van der Waals surface area contributed by atoms with E-state index in [0.717, 1.165) is 31.7 Å². The second kappa shape index (κ2) is 13.8. The van der Waals surface area contributed by atoms with E-state index >= 15 is 0 Å². The lowest BCUT2D eigenvalue weighted by molar-refractivity contribution is -0.303.